The molecule has 0 unspecified atom stereocenters. The van der Waals surface area contributed by atoms with E-state index in [1.54, 1.807) is 11.3 Å². The third-order valence-electron chi connectivity index (χ3n) is 4.51. The second kappa shape index (κ2) is 5.24. The highest BCUT2D eigenvalue weighted by atomic mass is 32.1. The third kappa shape index (κ3) is 2.08. The van der Waals surface area contributed by atoms with E-state index < -0.39 is 0 Å². The first-order chi connectivity index (χ1) is 11.8. The molecule has 0 radical (unpaired) electrons. The molecular formula is C19H16N2O2S. The van der Waals surface area contributed by atoms with Crippen LogP contribution in [-0.2, 0) is 0 Å². The summed E-state index contributed by atoms with van der Waals surface area (Å²) in [6.45, 7) is 1.95. The zero-order valence-corrected chi connectivity index (χ0v) is 14.0. The number of ether oxygens (including phenoxy) is 1. The first-order valence-electron chi connectivity index (χ1n) is 8.01. The van der Waals surface area contributed by atoms with Crippen LogP contribution in [0, 0.1) is 6.92 Å². The van der Waals surface area contributed by atoms with E-state index in [-0.39, 0.29) is 12.3 Å². The number of nitrogens with zero attached hydrogens (tertiary/aromatic N) is 2. The fourth-order valence-corrected chi connectivity index (χ4v) is 4.12. The van der Waals surface area contributed by atoms with Crippen molar-refractivity contribution in [3.8, 4) is 5.75 Å². The standard InChI is InChI=1S/C19H16N2O2S/c1-12-8-9-17(22-12)19-21-15(13-5-2-3-6-16(13)23-19)11-14(20-21)18-7-4-10-24-18/h2-10,15,19H,11H2,1H3/t15-,19+/m0/s1. The van der Waals surface area contributed by atoms with Gasteiger partial charge in [0.05, 0.1) is 16.6 Å². The molecule has 0 saturated heterocycles. The maximum absolute atomic E-state index is 6.24. The van der Waals surface area contributed by atoms with Crippen LogP contribution in [0.2, 0.25) is 0 Å². The monoisotopic (exact) mass is 336 g/mol. The van der Waals surface area contributed by atoms with Gasteiger partial charge < -0.3 is 9.15 Å². The number of para-hydroxylation sites is 1. The molecule has 0 spiro atoms. The van der Waals surface area contributed by atoms with Gasteiger partial charge in [-0.2, -0.15) is 5.10 Å². The average Bonchev–Trinajstić information content (AvgIpc) is 3.34. The molecule has 0 aliphatic carbocycles. The molecule has 0 saturated carbocycles. The summed E-state index contributed by atoms with van der Waals surface area (Å²) >= 11 is 1.73. The molecule has 0 bridgehead atoms. The summed E-state index contributed by atoms with van der Waals surface area (Å²) in [5.74, 6) is 2.59. The Bertz CT molecular complexity index is 913. The van der Waals surface area contributed by atoms with E-state index in [2.05, 4.69) is 34.7 Å². The van der Waals surface area contributed by atoms with Gasteiger partial charge in [0.1, 0.15) is 11.5 Å². The van der Waals surface area contributed by atoms with E-state index in [0.29, 0.717) is 0 Å². The lowest BCUT2D eigenvalue weighted by atomic mass is 9.98. The molecule has 4 heterocycles. The third-order valence-corrected chi connectivity index (χ3v) is 5.43. The van der Waals surface area contributed by atoms with Gasteiger partial charge in [-0.1, -0.05) is 24.3 Å². The second-order valence-electron chi connectivity index (χ2n) is 6.08. The van der Waals surface area contributed by atoms with Crippen LogP contribution in [0.4, 0.5) is 0 Å². The highest BCUT2D eigenvalue weighted by Crippen LogP contribution is 2.47. The van der Waals surface area contributed by atoms with Gasteiger partial charge in [0.25, 0.3) is 0 Å². The lowest BCUT2D eigenvalue weighted by Crippen LogP contribution is -2.33. The maximum Gasteiger partial charge on any atom is 0.246 e. The van der Waals surface area contributed by atoms with Gasteiger partial charge in [0.15, 0.2) is 5.76 Å². The van der Waals surface area contributed by atoms with Gasteiger partial charge in [-0.15, -0.1) is 11.3 Å². The highest BCUT2D eigenvalue weighted by molar-refractivity contribution is 7.12. The van der Waals surface area contributed by atoms with Crippen molar-refractivity contribution < 1.29 is 9.15 Å². The summed E-state index contributed by atoms with van der Waals surface area (Å²) in [6, 6.07) is 16.5. The molecule has 5 heteroatoms. The van der Waals surface area contributed by atoms with Crippen molar-refractivity contribution in [1.29, 1.82) is 0 Å². The normalized spacial score (nSPS) is 21.9. The fraction of sp³-hybridized carbons (Fsp3) is 0.211. The number of thiophene rings is 1. The Morgan fingerprint density at radius 1 is 1.12 bits per heavy atom. The van der Waals surface area contributed by atoms with E-state index in [0.717, 1.165) is 29.4 Å². The predicted molar refractivity (Wildman–Crippen MR) is 93.3 cm³/mol. The van der Waals surface area contributed by atoms with Gasteiger partial charge in [0, 0.05) is 12.0 Å². The molecule has 0 N–H and O–H groups in total. The summed E-state index contributed by atoms with van der Waals surface area (Å²) in [6.07, 6.45) is 0.563. The number of hydrogen-bond acceptors (Lipinski definition) is 5. The van der Waals surface area contributed by atoms with E-state index in [1.807, 2.05) is 31.2 Å². The van der Waals surface area contributed by atoms with E-state index in [9.17, 15) is 0 Å². The number of hydrogen-bond donors (Lipinski definition) is 0. The topological polar surface area (TPSA) is 38.0 Å². The van der Waals surface area contributed by atoms with Crippen molar-refractivity contribution in [3.05, 3.63) is 75.9 Å². The number of rotatable bonds is 2. The molecule has 3 aromatic rings. The molecule has 2 atom stereocenters. The van der Waals surface area contributed by atoms with Crippen molar-refractivity contribution in [1.82, 2.24) is 5.01 Å². The fourth-order valence-electron chi connectivity index (χ4n) is 3.40. The average molecular weight is 336 g/mol. The van der Waals surface area contributed by atoms with Crippen LogP contribution in [0.5, 0.6) is 5.75 Å². The van der Waals surface area contributed by atoms with Crippen LogP contribution in [0.1, 0.15) is 40.7 Å². The molecular weight excluding hydrogens is 320 g/mol. The van der Waals surface area contributed by atoms with Crippen LogP contribution < -0.4 is 4.74 Å². The Labute approximate surface area is 144 Å². The summed E-state index contributed by atoms with van der Waals surface area (Å²) in [4.78, 5) is 1.22. The summed E-state index contributed by atoms with van der Waals surface area (Å²) < 4.78 is 12.1. The minimum absolute atomic E-state index is 0.183. The largest absolute Gasteiger partial charge is 0.461 e. The quantitative estimate of drug-likeness (QED) is 0.668. The van der Waals surface area contributed by atoms with Crippen LogP contribution in [-0.4, -0.2) is 10.7 Å². The number of benzene rings is 1. The van der Waals surface area contributed by atoms with Crippen LogP contribution >= 0.6 is 11.3 Å². The molecule has 2 aromatic heterocycles. The highest BCUT2D eigenvalue weighted by Gasteiger charge is 2.42. The molecule has 2 aliphatic rings. The molecule has 2 aliphatic heterocycles. The lowest BCUT2D eigenvalue weighted by Gasteiger charge is -2.36. The number of aryl methyl sites for hydroxylation is 1. The van der Waals surface area contributed by atoms with Crippen molar-refractivity contribution >= 4 is 17.0 Å². The number of hydrazone groups is 1. The summed E-state index contributed by atoms with van der Waals surface area (Å²) in [5.41, 5.74) is 2.30. The molecule has 24 heavy (non-hydrogen) atoms. The van der Waals surface area contributed by atoms with Gasteiger partial charge in [-0.3, -0.25) is 0 Å². The summed E-state index contributed by atoms with van der Waals surface area (Å²) in [5, 5.41) is 9.04. The number of furan rings is 1. The van der Waals surface area contributed by atoms with Gasteiger partial charge >= 0.3 is 0 Å². The Morgan fingerprint density at radius 2 is 2.04 bits per heavy atom. The van der Waals surface area contributed by atoms with E-state index >= 15 is 0 Å². The maximum atomic E-state index is 6.24. The first-order valence-corrected chi connectivity index (χ1v) is 8.89. The zero-order chi connectivity index (χ0) is 16.1. The Kier molecular flexibility index (Phi) is 3.03. The minimum atomic E-state index is -0.323. The molecule has 120 valence electrons. The van der Waals surface area contributed by atoms with E-state index in [1.165, 1.54) is 10.4 Å². The lowest BCUT2D eigenvalue weighted by molar-refractivity contribution is -0.0329. The predicted octanol–water partition coefficient (Wildman–Crippen LogP) is 4.89. The Balaban J connectivity index is 1.61. The molecule has 0 amide bonds. The summed E-state index contributed by atoms with van der Waals surface area (Å²) in [7, 11) is 0. The molecule has 0 fully saturated rings. The van der Waals surface area contributed by atoms with Crippen molar-refractivity contribution in [2.45, 2.75) is 25.6 Å². The Morgan fingerprint density at radius 3 is 2.83 bits per heavy atom. The van der Waals surface area contributed by atoms with Gasteiger partial charge in [-0.25, -0.2) is 5.01 Å². The van der Waals surface area contributed by atoms with Crippen molar-refractivity contribution in [3.63, 3.8) is 0 Å². The molecule has 4 nitrogen and oxygen atoms in total. The number of fused-ring (bicyclic) bond motifs is 3. The van der Waals surface area contributed by atoms with Crippen LogP contribution in [0.15, 0.2) is 63.4 Å². The van der Waals surface area contributed by atoms with Gasteiger partial charge in [-0.05, 0) is 36.6 Å². The van der Waals surface area contributed by atoms with E-state index in [4.69, 9.17) is 14.3 Å². The van der Waals surface area contributed by atoms with Crippen LogP contribution in [0.25, 0.3) is 0 Å². The van der Waals surface area contributed by atoms with Crippen molar-refractivity contribution in [2.75, 3.05) is 0 Å². The van der Waals surface area contributed by atoms with Gasteiger partial charge in [0.2, 0.25) is 6.23 Å². The van der Waals surface area contributed by atoms with Crippen molar-refractivity contribution in [2.24, 2.45) is 5.10 Å². The van der Waals surface area contributed by atoms with Crippen LogP contribution in [0.3, 0.4) is 0 Å². The Hall–Kier alpha value is -2.53. The first kappa shape index (κ1) is 13.9. The minimum Gasteiger partial charge on any atom is -0.461 e. The zero-order valence-electron chi connectivity index (χ0n) is 13.2. The SMILES string of the molecule is Cc1ccc([C@H]2Oc3ccccc3[C@@H]3CC(c4cccs4)=NN23)o1. The molecule has 1 aromatic carbocycles. The second-order valence-corrected chi connectivity index (χ2v) is 7.03. The molecule has 5 rings (SSSR count). The smallest absolute Gasteiger partial charge is 0.246 e.